The van der Waals surface area contributed by atoms with Crippen LogP contribution in [0.1, 0.15) is 24.3 Å². The molecule has 0 aliphatic carbocycles. The molecule has 20 heavy (non-hydrogen) atoms. The SMILES string of the molecule is Cc1cc(S(=O)(=O)NC(C)c2ccco2)cc(N)c1Cl. The van der Waals surface area contributed by atoms with Crippen molar-refractivity contribution >= 4 is 27.3 Å². The summed E-state index contributed by atoms with van der Waals surface area (Å²) in [6.07, 6.45) is 1.49. The van der Waals surface area contributed by atoms with E-state index in [2.05, 4.69) is 4.72 Å². The molecule has 0 saturated heterocycles. The smallest absolute Gasteiger partial charge is 0.241 e. The third-order valence-electron chi connectivity index (χ3n) is 2.87. The average molecular weight is 315 g/mol. The highest BCUT2D eigenvalue weighted by atomic mass is 35.5. The van der Waals surface area contributed by atoms with E-state index < -0.39 is 16.1 Å². The number of hydrogen-bond acceptors (Lipinski definition) is 4. The van der Waals surface area contributed by atoms with Gasteiger partial charge in [-0.25, -0.2) is 13.1 Å². The lowest BCUT2D eigenvalue weighted by molar-refractivity contribution is 0.459. The first-order valence-corrected chi connectivity index (χ1v) is 7.78. The van der Waals surface area contributed by atoms with Crippen LogP contribution in [0.5, 0.6) is 0 Å². The van der Waals surface area contributed by atoms with Gasteiger partial charge in [-0.2, -0.15) is 0 Å². The molecular weight excluding hydrogens is 300 g/mol. The van der Waals surface area contributed by atoms with Gasteiger partial charge in [0.1, 0.15) is 5.76 Å². The zero-order chi connectivity index (χ0) is 14.9. The number of benzene rings is 1. The Bertz CT molecular complexity index is 688. The first-order chi connectivity index (χ1) is 9.31. The van der Waals surface area contributed by atoms with Crippen molar-refractivity contribution in [3.63, 3.8) is 0 Å². The minimum Gasteiger partial charge on any atom is -0.468 e. The van der Waals surface area contributed by atoms with E-state index in [1.807, 2.05) is 0 Å². The summed E-state index contributed by atoms with van der Waals surface area (Å²) in [5.74, 6) is 0.534. The Morgan fingerprint density at radius 2 is 2.10 bits per heavy atom. The molecule has 2 rings (SSSR count). The van der Waals surface area contributed by atoms with Gasteiger partial charge in [0.15, 0.2) is 0 Å². The number of furan rings is 1. The van der Waals surface area contributed by atoms with Crippen molar-refractivity contribution in [2.45, 2.75) is 24.8 Å². The molecule has 0 aliphatic heterocycles. The van der Waals surface area contributed by atoms with Crippen LogP contribution in [0.4, 0.5) is 5.69 Å². The highest BCUT2D eigenvalue weighted by molar-refractivity contribution is 7.89. The van der Waals surface area contributed by atoms with E-state index in [9.17, 15) is 8.42 Å². The highest BCUT2D eigenvalue weighted by Crippen LogP contribution is 2.27. The number of nitrogen functional groups attached to an aromatic ring is 1. The van der Waals surface area contributed by atoms with Crippen molar-refractivity contribution in [2.24, 2.45) is 0 Å². The molecule has 2 aromatic rings. The van der Waals surface area contributed by atoms with E-state index in [0.717, 1.165) is 0 Å². The summed E-state index contributed by atoms with van der Waals surface area (Å²) >= 11 is 5.93. The standard InChI is InChI=1S/C13H15ClN2O3S/c1-8-6-10(7-11(15)13(8)14)20(17,18)16-9(2)12-4-3-5-19-12/h3-7,9,16H,15H2,1-2H3. The van der Waals surface area contributed by atoms with E-state index in [-0.39, 0.29) is 10.6 Å². The second-order valence-electron chi connectivity index (χ2n) is 4.50. The number of nitrogens with one attached hydrogen (secondary N) is 1. The van der Waals surface area contributed by atoms with Gasteiger partial charge in [0, 0.05) is 0 Å². The number of rotatable bonds is 4. The Morgan fingerprint density at radius 1 is 1.40 bits per heavy atom. The van der Waals surface area contributed by atoms with Gasteiger partial charge >= 0.3 is 0 Å². The summed E-state index contributed by atoms with van der Waals surface area (Å²) in [6, 6.07) is 5.74. The van der Waals surface area contributed by atoms with Crippen LogP contribution in [0, 0.1) is 6.92 Å². The Hall–Kier alpha value is -1.50. The van der Waals surface area contributed by atoms with Crippen molar-refractivity contribution in [1.82, 2.24) is 4.72 Å². The van der Waals surface area contributed by atoms with Gasteiger partial charge in [-0.15, -0.1) is 0 Å². The van der Waals surface area contributed by atoms with E-state index in [1.165, 1.54) is 18.4 Å². The number of nitrogens with two attached hydrogens (primary N) is 1. The molecule has 1 aromatic heterocycles. The van der Waals surface area contributed by atoms with Gasteiger partial charge in [0.2, 0.25) is 10.0 Å². The molecule has 5 nitrogen and oxygen atoms in total. The molecule has 0 bridgehead atoms. The first-order valence-electron chi connectivity index (χ1n) is 5.92. The second-order valence-corrected chi connectivity index (χ2v) is 6.59. The topological polar surface area (TPSA) is 85.3 Å². The molecule has 0 spiro atoms. The van der Waals surface area contributed by atoms with Crippen LogP contribution in [0.15, 0.2) is 39.8 Å². The molecule has 3 N–H and O–H groups in total. The van der Waals surface area contributed by atoms with Crippen LogP contribution in [0.2, 0.25) is 5.02 Å². The first kappa shape index (κ1) is 14.9. The van der Waals surface area contributed by atoms with Crippen molar-refractivity contribution < 1.29 is 12.8 Å². The van der Waals surface area contributed by atoms with Gasteiger partial charge in [-0.3, -0.25) is 0 Å². The van der Waals surface area contributed by atoms with Crippen molar-refractivity contribution in [1.29, 1.82) is 0 Å². The summed E-state index contributed by atoms with van der Waals surface area (Å²) in [4.78, 5) is 0.0790. The lowest BCUT2D eigenvalue weighted by atomic mass is 10.2. The van der Waals surface area contributed by atoms with Crippen LogP contribution in [-0.2, 0) is 10.0 Å². The predicted octanol–water partition coefficient (Wildman–Crippen LogP) is 2.86. The van der Waals surface area contributed by atoms with E-state index in [1.54, 1.807) is 26.0 Å². The maximum absolute atomic E-state index is 12.3. The lowest BCUT2D eigenvalue weighted by Crippen LogP contribution is -2.26. The molecule has 1 atom stereocenters. The molecule has 108 valence electrons. The molecule has 0 fully saturated rings. The second kappa shape index (κ2) is 5.47. The summed E-state index contributed by atoms with van der Waals surface area (Å²) in [5.41, 5.74) is 6.54. The Balaban J connectivity index is 2.31. The van der Waals surface area contributed by atoms with Crippen molar-refractivity contribution in [2.75, 3.05) is 5.73 Å². The number of aryl methyl sites for hydroxylation is 1. The van der Waals surface area contributed by atoms with Crippen molar-refractivity contribution in [3.8, 4) is 0 Å². The molecule has 1 unspecified atom stereocenters. The van der Waals surface area contributed by atoms with E-state index in [0.29, 0.717) is 16.3 Å². The summed E-state index contributed by atoms with van der Waals surface area (Å²) in [6.45, 7) is 3.40. The third kappa shape index (κ3) is 2.98. The van der Waals surface area contributed by atoms with Gasteiger partial charge in [-0.1, -0.05) is 11.6 Å². The fraction of sp³-hybridized carbons (Fsp3) is 0.231. The fourth-order valence-corrected chi connectivity index (χ4v) is 3.26. The minimum atomic E-state index is -3.70. The Morgan fingerprint density at radius 3 is 2.65 bits per heavy atom. The summed E-state index contributed by atoms with van der Waals surface area (Å²) < 4.78 is 32.3. The van der Waals surface area contributed by atoms with Gasteiger partial charge in [0.05, 0.1) is 27.9 Å². The maximum atomic E-state index is 12.3. The average Bonchev–Trinajstić information content (AvgIpc) is 2.88. The molecule has 0 saturated carbocycles. The Kier molecular flexibility index (Phi) is 4.08. The molecule has 0 aliphatic rings. The maximum Gasteiger partial charge on any atom is 0.241 e. The third-order valence-corrected chi connectivity index (χ3v) is 4.90. The van der Waals surface area contributed by atoms with Gasteiger partial charge in [0.25, 0.3) is 0 Å². The molecule has 1 heterocycles. The van der Waals surface area contributed by atoms with E-state index in [4.69, 9.17) is 21.8 Å². The number of halogens is 1. The zero-order valence-electron chi connectivity index (χ0n) is 11.1. The molecule has 7 heteroatoms. The normalized spacial score (nSPS) is 13.3. The van der Waals surface area contributed by atoms with Crippen LogP contribution in [0.25, 0.3) is 0 Å². The van der Waals surface area contributed by atoms with Crippen LogP contribution < -0.4 is 10.5 Å². The molecular formula is C13H15ClN2O3S. The predicted molar refractivity (Wildman–Crippen MR) is 78.0 cm³/mol. The van der Waals surface area contributed by atoms with Crippen LogP contribution in [-0.4, -0.2) is 8.42 Å². The number of sulfonamides is 1. The van der Waals surface area contributed by atoms with Gasteiger partial charge in [-0.05, 0) is 43.7 Å². The van der Waals surface area contributed by atoms with E-state index >= 15 is 0 Å². The highest BCUT2D eigenvalue weighted by Gasteiger charge is 2.21. The van der Waals surface area contributed by atoms with Crippen LogP contribution >= 0.6 is 11.6 Å². The van der Waals surface area contributed by atoms with Crippen molar-refractivity contribution in [3.05, 3.63) is 46.9 Å². The summed E-state index contributed by atoms with van der Waals surface area (Å²) in [5, 5.41) is 0.364. The quantitative estimate of drug-likeness (QED) is 0.850. The molecule has 0 radical (unpaired) electrons. The molecule has 1 aromatic carbocycles. The fourth-order valence-electron chi connectivity index (χ4n) is 1.81. The Labute approximate surface area is 122 Å². The largest absolute Gasteiger partial charge is 0.468 e. The lowest BCUT2D eigenvalue weighted by Gasteiger charge is -2.13. The minimum absolute atomic E-state index is 0.0790. The molecule has 0 amide bonds. The monoisotopic (exact) mass is 314 g/mol. The zero-order valence-corrected chi connectivity index (χ0v) is 12.6. The number of anilines is 1. The number of hydrogen-bond donors (Lipinski definition) is 2. The van der Waals surface area contributed by atoms with Crippen LogP contribution in [0.3, 0.4) is 0 Å². The van der Waals surface area contributed by atoms with Gasteiger partial charge < -0.3 is 10.2 Å². The summed E-state index contributed by atoms with van der Waals surface area (Å²) in [7, 11) is -3.70.